The summed E-state index contributed by atoms with van der Waals surface area (Å²) < 4.78 is 4.48. The van der Waals surface area contributed by atoms with Gasteiger partial charge in [0.15, 0.2) is 0 Å². The zero-order valence-corrected chi connectivity index (χ0v) is 20.3. The number of para-hydroxylation sites is 1. The van der Waals surface area contributed by atoms with Crippen LogP contribution in [0.1, 0.15) is 64.0 Å². The van der Waals surface area contributed by atoms with Crippen LogP contribution in [0.2, 0.25) is 0 Å². The number of pyridine rings is 1. The SMILES string of the molecule is CCCCc1ccc2c(c1)cc1c3c2ccn2c(=O)c4ccccc4[n+](c32)C2(CC)CC12CC. The molecular formula is C31H31N2O+. The maximum atomic E-state index is 13.6. The van der Waals surface area contributed by atoms with E-state index >= 15 is 0 Å². The molecule has 0 N–H and O–H groups in total. The molecule has 1 aliphatic heterocycles. The minimum atomic E-state index is 0.0229. The standard InChI is InChI=1S/C31H31N2O/c1-4-7-10-20-13-14-22-21(17-20)18-25-27-23(22)15-16-32-28(27)33(31(6-3)19-30(25,31)5-2)26-12-9-8-11-24(26)29(32)34/h8-9,11-18H,4-7,10,19H2,1-3H3/q+1. The number of nitrogens with zero attached hydrogens (tertiary/aromatic N) is 2. The Kier molecular flexibility index (Phi) is 3.97. The van der Waals surface area contributed by atoms with Crippen molar-refractivity contribution in [3.05, 3.63) is 82.3 Å². The Morgan fingerprint density at radius 3 is 2.59 bits per heavy atom. The summed E-state index contributed by atoms with van der Waals surface area (Å²) in [5.41, 5.74) is 5.27. The van der Waals surface area contributed by atoms with E-state index in [1.165, 1.54) is 45.5 Å². The van der Waals surface area contributed by atoms with Gasteiger partial charge in [0.1, 0.15) is 22.6 Å². The van der Waals surface area contributed by atoms with Crippen molar-refractivity contribution in [3.63, 3.8) is 0 Å². The number of rotatable bonds is 5. The Morgan fingerprint density at radius 2 is 1.79 bits per heavy atom. The van der Waals surface area contributed by atoms with Crippen LogP contribution >= 0.6 is 0 Å². The molecule has 3 heterocycles. The molecule has 1 aliphatic carbocycles. The van der Waals surface area contributed by atoms with E-state index in [0.29, 0.717) is 0 Å². The van der Waals surface area contributed by atoms with E-state index in [2.05, 4.69) is 67.8 Å². The average Bonchev–Trinajstić information content (AvgIpc) is 3.58. The van der Waals surface area contributed by atoms with Gasteiger partial charge in [0.25, 0.3) is 5.65 Å². The van der Waals surface area contributed by atoms with Gasteiger partial charge < -0.3 is 0 Å². The predicted molar refractivity (Wildman–Crippen MR) is 140 cm³/mol. The summed E-state index contributed by atoms with van der Waals surface area (Å²) in [6.07, 6.45) is 8.91. The van der Waals surface area contributed by atoms with E-state index in [9.17, 15) is 4.79 Å². The van der Waals surface area contributed by atoms with Gasteiger partial charge in [-0.1, -0.05) is 57.5 Å². The fourth-order valence-corrected chi connectivity index (χ4v) is 7.42. The van der Waals surface area contributed by atoms with Crippen molar-refractivity contribution in [2.45, 2.75) is 70.3 Å². The van der Waals surface area contributed by atoms with Crippen LogP contribution in [-0.2, 0) is 17.4 Å². The molecule has 2 atom stereocenters. The number of hydrogen-bond donors (Lipinski definition) is 0. The number of unbranched alkanes of at least 4 members (excludes halogenated alkanes) is 1. The molecule has 170 valence electrons. The topological polar surface area (TPSA) is 25.4 Å². The second kappa shape index (κ2) is 6.69. The van der Waals surface area contributed by atoms with E-state index in [1.807, 2.05) is 22.7 Å². The van der Waals surface area contributed by atoms with Crippen molar-refractivity contribution in [3.8, 4) is 0 Å². The first-order valence-electron chi connectivity index (χ1n) is 13.0. The third-order valence-electron chi connectivity index (χ3n) is 9.20. The predicted octanol–water partition coefficient (Wildman–Crippen LogP) is 6.56. The van der Waals surface area contributed by atoms with E-state index in [-0.39, 0.29) is 16.5 Å². The summed E-state index contributed by atoms with van der Waals surface area (Å²) in [5, 5.41) is 6.02. The zero-order valence-electron chi connectivity index (χ0n) is 20.3. The molecule has 0 saturated heterocycles. The molecule has 2 aliphatic rings. The summed E-state index contributed by atoms with van der Waals surface area (Å²) in [4.78, 5) is 13.6. The lowest BCUT2D eigenvalue weighted by atomic mass is 9.80. The molecule has 0 radical (unpaired) electrons. The van der Waals surface area contributed by atoms with Gasteiger partial charge in [0.05, 0.1) is 5.39 Å². The van der Waals surface area contributed by atoms with Crippen LogP contribution in [0.3, 0.4) is 0 Å². The highest BCUT2D eigenvalue weighted by molar-refractivity contribution is 6.14. The molecule has 3 nitrogen and oxygen atoms in total. The number of aromatic nitrogens is 2. The third kappa shape index (κ3) is 2.19. The summed E-state index contributed by atoms with van der Waals surface area (Å²) in [5.74, 6) is 0. The van der Waals surface area contributed by atoms with E-state index in [0.717, 1.165) is 42.2 Å². The Morgan fingerprint density at radius 1 is 0.941 bits per heavy atom. The lowest BCUT2D eigenvalue weighted by Crippen LogP contribution is -2.56. The summed E-state index contributed by atoms with van der Waals surface area (Å²) in [6, 6.07) is 19.9. The second-order valence-electron chi connectivity index (χ2n) is 10.5. The first kappa shape index (κ1) is 20.2. The molecule has 2 aromatic heterocycles. The minimum absolute atomic E-state index is 0.0229. The van der Waals surface area contributed by atoms with Crippen LogP contribution in [0.25, 0.3) is 38.1 Å². The third-order valence-corrected chi connectivity index (χ3v) is 9.20. The Labute approximate surface area is 199 Å². The van der Waals surface area contributed by atoms with Crippen LogP contribution in [0.5, 0.6) is 0 Å². The van der Waals surface area contributed by atoms with Gasteiger partial charge >= 0.3 is 5.56 Å². The Balaban J connectivity index is 1.72. The van der Waals surface area contributed by atoms with Crippen LogP contribution in [0, 0.1) is 0 Å². The molecule has 34 heavy (non-hydrogen) atoms. The monoisotopic (exact) mass is 447 g/mol. The molecule has 7 rings (SSSR count). The van der Waals surface area contributed by atoms with E-state index in [4.69, 9.17) is 0 Å². The lowest BCUT2D eigenvalue weighted by molar-refractivity contribution is -0.699. The minimum Gasteiger partial charge on any atom is -0.240 e. The van der Waals surface area contributed by atoms with Crippen molar-refractivity contribution in [2.75, 3.05) is 0 Å². The summed E-state index contributed by atoms with van der Waals surface area (Å²) in [7, 11) is 0. The summed E-state index contributed by atoms with van der Waals surface area (Å²) >= 11 is 0. The largest absolute Gasteiger partial charge is 0.350 e. The first-order valence-corrected chi connectivity index (χ1v) is 13.0. The fourth-order valence-electron chi connectivity index (χ4n) is 7.42. The molecule has 3 heteroatoms. The fraction of sp³-hybridized carbons (Fsp3) is 0.355. The normalized spacial score (nSPS) is 22.8. The van der Waals surface area contributed by atoms with Gasteiger partial charge in [0, 0.05) is 17.2 Å². The van der Waals surface area contributed by atoms with Gasteiger partial charge in [-0.2, -0.15) is 4.40 Å². The molecule has 0 amide bonds. The van der Waals surface area contributed by atoms with E-state index < -0.39 is 0 Å². The van der Waals surface area contributed by atoms with Crippen LogP contribution in [0.15, 0.2) is 65.6 Å². The van der Waals surface area contributed by atoms with E-state index in [1.54, 1.807) is 0 Å². The maximum Gasteiger partial charge on any atom is 0.350 e. The number of benzene rings is 3. The van der Waals surface area contributed by atoms with Crippen LogP contribution in [-0.4, -0.2) is 4.40 Å². The van der Waals surface area contributed by atoms with Gasteiger partial charge in [-0.25, -0.2) is 9.36 Å². The van der Waals surface area contributed by atoms with Gasteiger partial charge in [-0.15, -0.1) is 0 Å². The average molecular weight is 448 g/mol. The highest BCUT2D eigenvalue weighted by atomic mass is 16.1. The second-order valence-corrected chi connectivity index (χ2v) is 10.5. The number of hydrogen-bond acceptors (Lipinski definition) is 1. The Hall–Kier alpha value is -3.20. The molecule has 3 aromatic carbocycles. The van der Waals surface area contributed by atoms with Crippen LogP contribution in [0.4, 0.5) is 0 Å². The van der Waals surface area contributed by atoms with Crippen molar-refractivity contribution in [2.24, 2.45) is 0 Å². The quantitative estimate of drug-likeness (QED) is 0.170. The highest BCUT2D eigenvalue weighted by Crippen LogP contribution is 2.67. The lowest BCUT2D eigenvalue weighted by Gasteiger charge is -2.30. The van der Waals surface area contributed by atoms with Crippen molar-refractivity contribution >= 4 is 38.1 Å². The molecule has 2 unspecified atom stereocenters. The molecule has 0 spiro atoms. The van der Waals surface area contributed by atoms with Crippen molar-refractivity contribution in [1.29, 1.82) is 0 Å². The smallest absolute Gasteiger partial charge is 0.240 e. The molecule has 1 fully saturated rings. The first-order chi connectivity index (χ1) is 16.6. The Bertz CT molecular complexity index is 1730. The van der Waals surface area contributed by atoms with Crippen LogP contribution < -0.4 is 10.1 Å². The maximum absolute atomic E-state index is 13.6. The molecule has 1 saturated carbocycles. The molecule has 0 bridgehead atoms. The summed E-state index contributed by atoms with van der Waals surface area (Å²) in [6.45, 7) is 6.94. The number of fused-ring (bicyclic) bond motifs is 7. The zero-order chi connectivity index (χ0) is 23.2. The van der Waals surface area contributed by atoms with Gasteiger partial charge in [0.2, 0.25) is 0 Å². The number of aryl methyl sites for hydroxylation is 1. The molecular weight excluding hydrogens is 416 g/mol. The van der Waals surface area contributed by atoms with Crippen molar-refractivity contribution < 1.29 is 4.57 Å². The van der Waals surface area contributed by atoms with Crippen molar-refractivity contribution in [1.82, 2.24) is 4.40 Å². The highest BCUT2D eigenvalue weighted by Gasteiger charge is 2.73. The van der Waals surface area contributed by atoms with Gasteiger partial charge in [-0.05, 0) is 71.8 Å². The van der Waals surface area contributed by atoms with Gasteiger partial charge in [-0.3, -0.25) is 0 Å². The molecule has 5 aromatic rings.